The summed E-state index contributed by atoms with van der Waals surface area (Å²) in [4.78, 5) is 22.9. The van der Waals surface area contributed by atoms with Gasteiger partial charge in [0.2, 0.25) is 0 Å². The number of aromatic nitrogens is 3. The number of rotatable bonds is 7. The summed E-state index contributed by atoms with van der Waals surface area (Å²) in [5.74, 6) is 0.626. The van der Waals surface area contributed by atoms with E-state index in [0.717, 1.165) is 22.8 Å². The average Bonchev–Trinajstić information content (AvgIpc) is 3.39. The quantitative estimate of drug-likeness (QED) is 0.450. The number of hydrogen-bond acceptors (Lipinski definition) is 5. The van der Waals surface area contributed by atoms with E-state index < -0.39 is 0 Å². The minimum absolute atomic E-state index is 0.0989. The van der Waals surface area contributed by atoms with Crippen molar-refractivity contribution in [1.29, 1.82) is 0 Å². The fourth-order valence-corrected chi connectivity index (χ4v) is 4.24. The maximum absolute atomic E-state index is 11.6. The molecule has 0 saturated carbocycles. The number of hydrogen-bond donors (Lipinski definition) is 1. The van der Waals surface area contributed by atoms with E-state index in [-0.39, 0.29) is 18.1 Å². The molecule has 1 fully saturated rings. The first-order chi connectivity index (χ1) is 15.1. The molecule has 0 spiro atoms. The van der Waals surface area contributed by atoms with Crippen molar-refractivity contribution in [3.8, 4) is 5.82 Å². The number of ether oxygens (including phenoxy) is 1. The first-order valence-corrected chi connectivity index (χ1v) is 10.6. The Kier molecular flexibility index (Phi) is 6.27. The van der Waals surface area contributed by atoms with E-state index >= 15 is 0 Å². The van der Waals surface area contributed by atoms with Crippen LogP contribution >= 0.6 is 12.2 Å². The van der Waals surface area contributed by atoms with Crippen LogP contribution in [0.4, 0.5) is 0 Å². The van der Waals surface area contributed by atoms with Crippen molar-refractivity contribution in [1.82, 2.24) is 24.8 Å². The normalized spacial score (nSPS) is 18.1. The Morgan fingerprint density at radius 2 is 2.06 bits per heavy atom. The molecule has 4 rings (SSSR count). The van der Waals surface area contributed by atoms with Gasteiger partial charge < -0.3 is 19.5 Å². The molecule has 0 unspecified atom stereocenters. The molecule has 1 N–H and O–H groups in total. The zero-order valence-corrected chi connectivity index (χ0v) is 18.4. The number of nitrogens with zero attached hydrogens (tertiary/aromatic N) is 4. The molecule has 0 bridgehead atoms. The zero-order chi connectivity index (χ0) is 21.8. The highest BCUT2D eigenvalue weighted by atomic mass is 32.1. The van der Waals surface area contributed by atoms with Gasteiger partial charge in [-0.25, -0.2) is 4.98 Å². The van der Waals surface area contributed by atoms with Crippen molar-refractivity contribution in [2.75, 3.05) is 13.7 Å². The maximum Gasteiger partial charge on any atom is 0.305 e. The fraction of sp³-hybridized carbons (Fsp3) is 0.304. The number of methoxy groups -OCH3 is 1. The first-order valence-electron chi connectivity index (χ1n) is 10.2. The van der Waals surface area contributed by atoms with Gasteiger partial charge in [-0.3, -0.25) is 9.78 Å². The molecule has 31 heavy (non-hydrogen) atoms. The lowest BCUT2D eigenvalue weighted by molar-refractivity contribution is -0.140. The van der Waals surface area contributed by atoms with Gasteiger partial charge in [0.1, 0.15) is 5.82 Å². The molecule has 3 aromatic heterocycles. The van der Waals surface area contributed by atoms with Gasteiger partial charge in [-0.1, -0.05) is 12.1 Å². The van der Waals surface area contributed by atoms with Crippen molar-refractivity contribution in [2.24, 2.45) is 0 Å². The molecule has 0 radical (unpaired) electrons. The number of pyridine rings is 2. The number of thiocarbonyl (C=S) groups is 1. The van der Waals surface area contributed by atoms with E-state index in [1.807, 2.05) is 55.7 Å². The van der Waals surface area contributed by atoms with Crippen LogP contribution in [0.1, 0.15) is 41.9 Å². The summed E-state index contributed by atoms with van der Waals surface area (Å²) in [6, 6.07) is 13.8. The smallest absolute Gasteiger partial charge is 0.305 e. The lowest BCUT2D eigenvalue weighted by Gasteiger charge is -2.28. The number of aryl methyl sites for hydroxylation is 1. The van der Waals surface area contributed by atoms with E-state index in [2.05, 4.69) is 30.8 Å². The predicted molar refractivity (Wildman–Crippen MR) is 122 cm³/mol. The van der Waals surface area contributed by atoms with Gasteiger partial charge >= 0.3 is 5.97 Å². The van der Waals surface area contributed by atoms with Crippen molar-refractivity contribution in [3.63, 3.8) is 0 Å². The lowest BCUT2D eigenvalue weighted by Crippen LogP contribution is -2.31. The highest BCUT2D eigenvalue weighted by Crippen LogP contribution is 2.39. The van der Waals surface area contributed by atoms with E-state index in [0.29, 0.717) is 24.5 Å². The number of carbonyl (C=O) groups excluding carboxylic acids is 1. The SMILES string of the molecule is COC(=O)CCCN1C(=S)N[C@H](c2ccccn2)[C@H]1c1cccn1-c1ccc(C)cn1. The molecular weight excluding hydrogens is 410 g/mol. The van der Waals surface area contributed by atoms with Crippen LogP contribution in [0, 0.1) is 6.92 Å². The highest BCUT2D eigenvalue weighted by molar-refractivity contribution is 7.80. The Morgan fingerprint density at radius 3 is 2.77 bits per heavy atom. The van der Waals surface area contributed by atoms with E-state index in [1.54, 1.807) is 6.20 Å². The van der Waals surface area contributed by atoms with E-state index in [4.69, 9.17) is 17.0 Å². The van der Waals surface area contributed by atoms with E-state index in [1.165, 1.54) is 7.11 Å². The Morgan fingerprint density at radius 1 is 1.19 bits per heavy atom. The summed E-state index contributed by atoms with van der Waals surface area (Å²) in [5, 5.41) is 4.09. The third kappa shape index (κ3) is 4.44. The van der Waals surface area contributed by atoms with Crippen LogP contribution in [0.25, 0.3) is 5.82 Å². The van der Waals surface area contributed by atoms with Crippen LogP contribution in [0.15, 0.2) is 61.1 Å². The molecule has 4 heterocycles. The number of esters is 1. The predicted octanol–water partition coefficient (Wildman–Crippen LogP) is 3.50. The summed E-state index contributed by atoms with van der Waals surface area (Å²) in [5.41, 5.74) is 3.07. The molecule has 1 aliphatic heterocycles. The Balaban J connectivity index is 1.70. The molecule has 8 heteroatoms. The third-order valence-corrected chi connectivity index (χ3v) is 5.78. The lowest BCUT2D eigenvalue weighted by atomic mass is 10.0. The fourth-order valence-electron chi connectivity index (χ4n) is 3.91. The van der Waals surface area contributed by atoms with Crippen molar-refractivity contribution in [2.45, 2.75) is 31.8 Å². The molecular formula is C23H25N5O2S. The largest absolute Gasteiger partial charge is 0.469 e. The molecule has 1 aliphatic rings. The van der Waals surface area contributed by atoms with Crippen LogP contribution in [-0.2, 0) is 9.53 Å². The van der Waals surface area contributed by atoms with Gasteiger partial charge in [-0.15, -0.1) is 0 Å². The van der Waals surface area contributed by atoms with Gasteiger partial charge in [-0.2, -0.15) is 0 Å². The molecule has 0 amide bonds. The molecule has 1 saturated heterocycles. The molecule has 2 atom stereocenters. The first kappa shape index (κ1) is 21.0. The van der Waals surface area contributed by atoms with Crippen LogP contribution < -0.4 is 5.32 Å². The van der Waals surface area contributed by atoms with Crippen LogP contribution in [0.5, 0.6) is 0 Å². The van der Waals surface area contributed by atoms with Gasteiger partial charge in [0, 0.05) is 37.3 Å². The summed E-state index contributed by atoms with van der Waals surface area (Å²) in [6.07, 6.45) is 6.65. The van der Waals surface area contributed by atoms with Crippen LogP contribution in [-0.4, -0.2) is 44.2 Å². The summed E-state index contributed by atoms with van der Waals surface area (Å²) < 4.78 is 6.88. The van der Waals surface area contributed by atoms with E-state index in [9.17, 15) is 4.79 Å². The van der Waals surface area contributed by atoms with Crippen molar-refractivity contribution < 1.29 is 9.53 Å². The zero-order valence-electron chi connectivity index (χ0n) is 17.6. The summed E-state index contributed by atoms with van der Waals surface area (Å²) in [7, 11) is 1.41. The van der Waals surface area contributed by atoms with Gasteiger partial charge in [0.05, 0.1) is 24.9 Å². The molecule has 160 valence electrons. The summed E-state index contributed by atoms with van der Waals surface area (Å²) in [6.45, 7) is 2.65. The number of carbonyl (C=O) groups is 1. The minimum Gasteiger partial charge on any atom is -0.469 e. The van der Waals surface area contributed by atoms with Crippen LogP contribution in [0.3, 0.4) is 0 Å². The monoisotopic (exact) mass is 435 g/mol. The molecule has 0 aromatic carbocycles. The Labute approximate surface area is 187 Å². The van der Waals surface area contributed by atoms with Gasteiger partial charge in [0.25, 0.3) is 0 Å². The Bertz CT molecular complexity index is 1050. The second-order valence-corrected chi connectivity index (χ2v) is 7.88. The standard InChI is InChI=1S/C23H25N5O2S/c1-16-10-11-19(25-15-16)27-13-5-8-18(27)22-21(17-7-3-4-12-24-17)26-23(31)28(22)14-6-9-20(29)30-2/h3-5,7-8,10-13,15,21-22H,6,9,14H2,1-2H3,(H,26,31)/t21-,22-/m1/s1. The molecule has 0 aliphatic carbocycles. The minimum atomic E-state index is -0.219. The van der Waals surface area contributed by atoms with Gasteiger partial charge in [0.15, 0.2) is 5.11 Å². The highest BCUT2D eigenvalue weighted by Gasteiger charge is 2.41. The number of nitrogens with one attached hydrogen (secondary N) is 1. The van der Waals surface area contributed by atoms with Crippen LogP contribution in [0.2, 0.25) is 0 Å². The molecule has 3 aromatic rings. The van der Waals surface area contributed by atoms with Gasteiger partial charge in [-0.05, 0) is 61.5 Å². The third-order valence-electron chi connectivity index (χ3n) is 5.43. The topological polar surface area (TPSA) is 72.3 Å². The van der Waals surface area contributed by atoms with Crippen molar-refractivity contribution in [3.05, 3.63) is 78.0 Å². The average molecular weight is 436 g/mol. The van der Waals surface area contributed by atoms with Crippen molar-refractivity contribution >= 4 is 23.3 Å². The Hall–Kier alpha value is -3.26. The second kappa shape index (κ2) is 9.26. The maximum atomic E-state index is 11.6. The molecule has 7 nitrogen and oxygen atoms in total. The second-order valence-electron chi connectivity index (χ2n) is 7.50. The summed E-state index contributed by atoms with van der Waals surface area (Å²) >= 11 is 5.70.